The zero-order valence-corrected chi connectivity index (χ0v) is 12.4. The van der Waals surface area contributed by atoms with Gasteiger partial charge in [0.15, 0.2) is 0 Å². The van der Waals surface area contributed by atoms with Crippen LogP contribution in [0.5, 0.6) is 5.75 Å². The summed E-state index contributed by atoms with van der Waals surface area (Å²) < 4.78 is 9.82. The molecule has 4 nitrogen and oxygen atoms in total. The Morgan fingerprint density at radius 1 is 1.25 bits per heavy atom. The summed E-state index contributed by atoms with van der Waals surface area (Å²) in [6, 6.07) is 8.04. The number of nitrogens with one attached hydrogen (secondary N) is 1. The van der Waals surface area contributed by atoms with Crippen LogP contribution >= 0.6 is 0 Å². The van der Waals surface area contributed by atoms with E-state index in [9.17, 15) is 4.79 Å². The number of carbonyl (C=O) groups excluding carboxylic acids is 1. The van der Waals surface area contributed by atoms with Gasteiger partial charge in [-0.2, -0.15) is 0 Å². The first-order valence-electron chi connectivity index (χ1n) is 6.82. The van der Waals surface area contributed by atoms with E-state index >= 15 is 0 Å². The molecule has 0 aliphatic carbocycles. The monoisotopic (exact) mass is 277 g/mol. The molecular formula is C16H23NO3. The second-order valence-corrected chi connectivity index (χ2v) is 4.38. The summed E-state index contributed by atoms with van der Waals surface area (Å²) in [6.45, 7) is 3.48. The number of carbonyl (C=O) groups is 1. The van der Waals surface area contributed by atoms with Crippen LogP contribution < -0.4 is 10.1 Å². The minimum atomic E-state index is -0.246. The van der Waals surface area contributed by atoms with Crippen LogP contribution in [0.3, 0.4) is 0 Å². The molecule has 1 aromatic carbocycles. The van der Waals surface area contributed by atoms with Crippen LogP contribution in [0.15, 0.2) is 35.9 Å². The van der Waals surface area contributed by atoms with E-state index in [1.807, 2.05) is 25.1 Å². The maximum atomic E-state index is 11.4. The Kier molecular flexibility index (Phi) is 7.43. The van der Waals surface area contributed by atoms with Gasteiger partial charge in [-0.25, -0.2) is 4.79 Å². The standard InChI is InChI=1S/C16H23NO3/c1-4-14(16(18)20-3)10-12-17-11-9-13-5-7-15(19-2)8-6-13/h5-8,10,17H,4,9,11-12H2,1-3H3/b14-10-. The summed E-state index contributed by atoms with van der Waals surface area (Å²) in [7, 11) is 3.07. The SMILES string of the molecule is CC/C(=C/CNCCc1ccc(OC)cc1)C(=O)OC. The van der Waals surface area contributed by atoms with Gasteiger partial charge in [-0.15, -0.1) is 0 Å². The third-order valence-corrected chi connectivity index (χ3v) is 3.07. The molecular weight excluding hydrogens is 254 g/mol. The second-order valence-electron chi connectivity index (χ2n) is 4.38. The van der Waals surface area contributed by atoms with Gasteiger partial charge >= 0.3 is 5.97 Å². The lowest BCUT2D eigenvalue weighted by Crippen LogP contribution is -2.18. The molecule has 1 rings (SSSR count). The summed E-state index contributed by atoms with van der Waals surface area (Å²) in [5, 5.41) is 3.29. The van der Waals surface area contributed by atoms with Gasteiger partial charge in [0, 0.05) is 12.1 Å². The number of hydrogen-bond acceptors (Lipinski definition) is 4. The molecule has 0 unspecified atom stereocenters. The Labute approximate surface area is 120 Å². The van der Waals surface area contributed by atoms with E-state index in [4.69, 9.17) is 9.47 Å². The molecule has 0 aliphatic rings. The van der Waals surface area contributed by atoms with E-state index in [2.05, 4.69) is 17.4 Å². The van der Waals surface area contributed by atoms with Crippen LogP contribution in [0.2, 0.25) is 0 Å². The van der Waals surface area contributed by atoms with Crippen molar-refractivity contribution in [2.75, 3.05) is 27.3 Å². The molecule has 0 saturated heterocycles. The van der Waals surface area contributed by atoms with Crippen molar-refractivity contribution in [3.05, 3.63) is 41.5 Å². The molecule has 0 spiro atoms. The third kappa shape index (κ3) is 5.45. The third-order valence-electron chi connectivity index (χ3n) is 3.07. The van der Waals surface area contributed by atoms with Gasteiger partial charge in [0.1, 0.15) is 5.75 Å². The highest BCUT2D eigenvalue weighted by molar-refractivity contribution is 5.88. The molecule has 0 amide bonds. The molecule has 0 bridgehead atoms. The van der Waals surface area contributed by atoms with Crippen molar-refractivity contribution in [2.45, 2.75) is 19.8 Å². The van der Waals surface area contributed by atoms with Crippen molar-refractivity contribution in [3.63, 3.8) is 0 Å². The average molecular weight is 277 g/mol. The van der Waals surface area contributed by atoms with Crippen LogP contribution in [0.4, 0.5) is 0 Å². The Morgan fingerprint density at radius 2 is 1.95 bits per heavy atom. The maximum absolute atomic E-state index is 11.4. The van der Waals surface area contributed by atoms with Crippen molar-refractivity contribution < 1.29 is 14.3 Å². The quantitative estimate of drug-likeness (QED) is 0.450. The maximum Gasteiger partial charge on any atom is 0.333 e. The number of ether oxygens (including phenoxy) is 2. The van der Waals surface area contributed by atoms with Crippen LogP contribution in [0, 0.1) is 0 Å². The topological polar surface area (TPSA) is 47.6 Å². The molecule has 0 radical (unpaired) electrons. The Balaban J connectivity index is 2.30. The normalized spacial score (nSPS) is 11.2. The summed E-state index contributed by atoms with van der Waals surface area (Å²) in [5.74, 6) is 0.625. The van der Waals surface area contributed by atoms with Crippen molar-refractivity contribution in [3.8, 4) is 5.75 Å². The molecule has 0 aromatic heterocycles. The molecule has 0 heterocycles. The lowest BCUT2D eigenvalue weighted by Gasteiger charge is -2.05. The minimum absolute atomic E-state index is 0.246. The molecule has 0 atom stereocenters. The van der Waals surface area contributed by atoms with E-state index in [0.717, 1.165) is 18.7 Å². The molecule has 0 aliphatic heterocycles. The fourth-order valence-electron chi connectivity index (χ4n) is 1.83. The molecule has 1 N–H and O–H groups in total. The van der Waals surface area contributed by atoms with E-state index in [-0.39, 0.29) is 5.97 Å². The first-order valence-corrected chi connectivity index (χ1v) is 6.82. The van der Waals surface area contributed by atoms with E-state index in [1.54, 1.807) is 7.11 Å². The lowest BCUT2D eigenvalue weighted by molar-refractivity contribution is -0.136. The van der Waals surface area contributed by atoms with Crippen molar-refractivity contribution >= 4 is 5.97 Å². The molecule has 110 valence electrons. The predicted octanol–water partition coefficient (Wildman–Crippen LogP) is 2.34. The number of rotatable bonds is 8. The highest BCUT2D eigenvalue weighted by Crippen LogP contribution is 2.11. The zero-order valence-electron chi connectivity index (χ0n) is 12.4. The van der Waals surface area contributed by atoms with Gasteiger partial charge in [-0.3, -0.25) is 0 Å². The fourth-order valence-corrected chi connectivity index (χ4v) is 1.83. The Hall–Kier alpha value is -1.81. The number of benzene rings is 1. The van der Waals surface area contributed by atoms with Gasteiger partial charge in [0.25, 0.3) is 0 Å². The van der Waals surface area contributed by atoms with Crippen LogP contribution in [-0.2, 0) is 16.0 Å². The van der Waals surface area contributed by atoms with Crippen molar-refractivity contribution in [1.82, 2.24) is 5.32 Å². The number of methoxy groups -OCH3 is 2. The van der Waals surface area contributed by atoms with Gasteiger partial charge in [-0.05, 0) is 37.1 Å². The summed E-state index contributed by atoms with van der Waals surface area (Å²) in [4.78, 5) is 11.4. The highest BCUT2D eigenvalue weighted by Gasteiger charge is 2.05. The van der Waals surface area contributed by atoms with Crippen LogP contribution in [-0.4, -0.2) is 33.3 Å². The van der Waals surface area contributed by atoms with Gasteiger partial charge in [-0.1, -0.05) is 25.1 Å². The first-order chi connectivity index (χ1) is 9.71. The van der Waals surface area contributed by atoms with E-state index < -0.39 is 0 Å². The zero-order chi connectivity index (χ0) is 14.8. The summed E-state index contributed by atoms with van der Waals surface area (Å²) in [5.41, 5.74) is 1.97. The van der Waals surface area contributed by atoms with E-state index in [1.165, 1.54) is 12.7 Å². The van der Waals surface area contributed by atoms with E-state index in [0.29, 0.717) is 18.5 Å². The Morgan fingerprint density at radius 3 is 2.50 bits per heavy atom. The van der Waals surface area contributed by atoms with Crippen molar-refractivity contribution in [1.29, 1.82) is 0 Å². The van der Waals surface area contributed by atoms with Crippen LogP contribution in [0.25, 0.3) is 0 Å². The fraction of sp³-hybridized carbons (Fsp3) is 0.438. The largest absolute Gasteiger partial charge is 0.497 e. The van der Waals surface area contributed by atoms with Gasteiger partial charge < -0.3 is 14.8 Å². The first kappa shape index (κ1) is 16.2. The summed E-state index contributed by atoms with van der Waals surface area (Å²) >= 11 is 0. The molecule has 1 aromatic rings. The second kappa shape index (κ2) is 9.15. The minimum Gasteiger partial charge on any atom is -0.497 e. The van der Waals surface area contributed by atoms with Crippen LogP contribution in [0.1, 0.15) is 18.9 Å². The smallest absolute Gasteiger partial charge is 0.333 e. The average Bonchev–Trinajstić information content (AvgIpc) is 2.50. The molecule has 4 heteroatoms. The highest BCUT2D eigenvalue weighted by atomic mass is 16.5. The predicted molar refractivity (Wildman–Crippen MR) is 80.0 cm³/mol. The summed E-state index contributed by atoms with van der Waals surface area (Å²) in [6.07, 6.45) is 3.52. The molecule has 0 fully saturated rings. The lowest BCUT2D eigenvalue weighted by atomic mass is 10.1. The molecule has 20 heavy (non-hydrogen) atoms. The number of hydrogen-bond donors (Lipinski definition) is 1. The Bertz CT molecular complexity index is 438. The van der Waals surface area contributed by atoms with Gasteiger partial charge in [0.2, 0.25) is 0 Å². The number of esters is 1. The van der Waals surface area contributed by atoms with Crippen molar-refractivity contribution in [2.24, 2.45) is 0 Å². The van der Waals surface area contributed by atoms with Gasteiger partial charge in [0.05, 0.1) is 14.2 Å². The molecule has 0 saturated carbocycles.